The first-order valence-electron chi connectivity index (χ1n) is 6.27. The predicted molar refractivity (Wildman–Crippen MR) is 79.6 cm³/mol. The molecule has 0 saturated carbocycles. The smallest absolute Gasteiger partial charge is 0.163 e. The summed E-state index contributed by atoms with van der Waals surface area (Å²) in [5, 5.41) is 35.8. The Kier molecular flexibility index (Phi) is 5.51. The van der Waals surface area contributed by atoms with E-state index < -0.39 is 0 Å². The minimum Gasteiger partial charge on any atom is -0.508 e. The Morgan fingerprint density at radius 1 is 0.727 bits per heavy atom. The molecular weight excluding hydrogens is 288 g/mol. The largest absolute Gasteiger partial charge is 0.508 e. The van der Waals surface area contributed by atoms with Gasteiger partial charge in [-0.15, -0.1) is 0 Å². The average Bonchev–Trinajstić information content (AvgIpc) is 2.37. The molecular formula is C16H16O6. The zero-order valence-electron chi connectivity index (χ0n) is 12.1. The Hall–Kier alpha value is -3.02. The number of hydrogen-bond donors (Lipinski definition) is 4. The van der Waals surface area contributed by atoms with Crippen LogP contribution < -0.4 is 0 Å². The standard InChI is InChI=1S/2C8H8O3/c1-5(9)6-2-7(10)4-8(11)3-6;1-5(9)7-3-2-6(10)4-8(7)11/h2*2-4,10-11H,1H3. The fourth-order valence-corrected chi connectivity index (χ4v) is 1.62. The Morgan fingerprint density at radius 3 is 1.68 bits per heavy atom. The summed E-state index contributed by atoms with van der Waals surface area (Å²) in [5.74, 6) is -0.839. The van der Waals surface area contributed by atoms with Gasteiger partial charge in [0.15, 0.2) is 11.6 Å². The summed E-state index contributed by atoms with van der Waals surface area (Å²) in [7, 11) is 0. The molecule has 0 bridgehead atoms. The van der Waals surface area contributed by atoms with Gasteiger partial charge in [0.05, 0.1) is 5.56 Å². The molecule has 6 nitrogen and oxygen atoms in total. The van der Waals surface area contributed by atoms with Crippen LogP contribution in [0.15, 0.2) is 36.4 Å². The number of carbonyl (C=O) groups excluding carboxylic acids is 2. The van der Waals surface area contributed by atoms with Crippen molar-refractivity contribution < 1.29 is 30.0 Å². The molecule has 2 aromatic rings. The first-order chi connectivity index (χ1) is 10.2. The van der Waals surface area contributed by atoms with Gasteiger partial charge < -0.3 is 20.4 Å². The normalized spacial score (nSPS) is 9.55. The lowest BCUT2D eigenvalue weighted by Crippen LogP contribution is -1.91. The van der Waals surface area contributed by atoms with Crippen molar-refractivity contribution in [2.75, 3.05) is 0 Å². The van der Waals surface area contributed by atoms with Gasteiger partial charge in [-0.05, 0) is 38.1 Å². The molecule has 116 valence electrons. The van der Waals surface area contributed by atoms with Crippen LogP contribution in [0.4, 0.5) is 0 Å². The second-order valence-corrected chi connectivity index (χ2v) is 4.55. The van der Waals surface area contributed by atoms with Crippen LogP contribution >= 0.6 is 0 Å². The second-order valence-electron chi connectivity index (χ2n) is 4.55. The molecule has 22 heavy (non-hydrogen) atoms. The van der Waals surface area contributed by atoms with Gasteiger partial charge in [0, 0.05) is 17.7 Å². The van der Waals surface area contributed by atoms with Gasteiger partial charge in [0.2, 0.25) is 0 Å². The minimum absolute atomic E-state index is 0.0486. The van der Waals surface area contributed by atoms with E-state index in [1.807, 2.05) is 0 Å². The molecule has 0 unspecified atom stereocenters. The van der Waals surface area contributed by atoms with Crippen molar-refractivity contribution in [2.24, 2.45) is 0 Å². The summed E-state index contributed by atoms with van der Waals surface area (Å²) >= 11 is 0. The van der Waals surface area contributed by atoms with Crippen molar-refractivity contribution in [3.8, 4) is 23.0 Å². The van der Waals surface area contributed by atoms with Crippen LogP contribution in [0.25, 0.3) is 0 Å². The van der Waals surface area contributed by atoms with Crippen LogP contribution in [0.3, 0.4) is 0 Å². The van der Waals surface area contributed by atoms with Crippen molar-refractivity contribution >= 4 is 11.6 Å². The molecule has 0 saturated heterocycles. The van der Waals surface area contributed by atoms with Gasteiger partial charge in [0.25, 0.3) is 0 Å². The summed E-state index contributed by atoms with van der Waals surface area (Å²) in [4.78, 5) is 21.5. The molecule has 0 spiro atoms. The topological polar surface area (TPSA) is 115 Å². The number of carbonyl (C=O) groups is 2. The maximum absolute atomic E-state index is 10.7. The van der Waals surface area contributed by atoms with E-state index in [2.05, 4.69) is 0 Å². The van der Waals surface area contributed by atoms with Crippen LogP contribution in [0.1, 0.15) is 34.6 Å². The molecule has 0 aromatic heterocycles. The number of ketones is 2. The lowest BCUT2D eigenvalue weighted by Gasteiger charge is -1.99. The van der Waals surface area contributed by atoms with Crippen molar-refractivity contribution in [2.45, 2.75) is 13.8 Å². The highest BCUT2D eigenvalue weighted by atomic mass is 16.3. The minimum atomic E-state index is -0.220. The predicted octanol–water partition coefficient (Wildman–Crippen LogP) is 2.60. The van der Waals surface area contributed by atoms with E-state index >= 15 is 0 Å². The van der Waals surface area contributed by atoms with E-state index in [-0.39, 0.29) is 40.1 Å². The summed E-state index contributed by atoms with van der Waals surface area (Å²) in [6.45, 7) is 2.72. The number of phenols is 4. The highest BCUT2D eigenvalue weighted by molar-refractivity contribution is 5.96. The number of rotatable bonds is 2. The van der Waals surface area contributed by atoms with Crippen LogP contribution in [-0.4, -0.2) is 32.0 Å². The van der Waals surface area contributed by atoms with Crippen molar-refractivity contribution in [3.63, 3.8) is 0 Å². The number of hydrogen-bond acceptors (Lipinski definition) is 6. The van der Waals surface area contributed by atoms with E-state index in [1.165, 1.54) is 44.2 Å². The number of phenolic OH excluding ortho intramolecular Hbond substituents is 4. The summed E-state index contributed by atoms with van der Waals surface area (Å²) in [6, 6.07) is 7.66. The van der Waals surface area contributed by atoms with E-state index in [9.17, 15) is 9.59 Å². The van der Waals surface area contributed by atoms with E-state index in [0.29, 0.717) is 5.56 Å². The summed E-state index contributed by atoms with van der Waals surface area (Å²) < 4.78 is 0. The zero-order chi connectivity index (χ0) is 16.9. The van der Waals surface area contributed by atoms with Crippen LogP contribution in [0.5, 0.6) is 23.0 Å². The van der Waals surface area contributed by atoms with E-state index in [1.54, 1.807) is 0 Å². The SMILES string of the molecule is CC(=O)c1cc(O)cc(O)c1.CC(=O)c1ccc(O)cc1O. The Morgan fingerprint density at radius 2 is 1.27 bits per heavy atom. The summed E-state index contributed by atoms with van der Waals surface area (Å²) in [5.41, 5.74) is 0.533. The number of Topliss-reactive ketones (excluding diaryl/α,β-unsaturated/α-hetero) is 2. The van der Waals surface area contributed by atoms with Gasteiger partial charge in [0.1, 0.15) is 23.0 Å². The van der Waals surface area contributed by atoms with Gasteiger partial charge in [-0.3, -0.25) is 9.59 Å². The molecule has 0 heterocycles. The number of aromatic hydroxyl groups is 4. The van der Waals surface area contributed by atoms with E-state index in [0.717, 1.165) is 6.07 Å². The third-order valence-corrected chi connectivity index (χ3v) is 2.67. The van der Waals surface area contributed by atoms with Gasteiger partial charge in [-0.2, -0.15) is 0 Å². The fourth-order valence-electron chi connectivity index (χ4n) is 1.62. The van der Waals surface area contributed by atoms with Crippen LogP contribution in [0.2, 0.25) is 0 Å². The lowest BCUT2D eigenvalue weighted by atomic mass is 10.1. The Labute approximate surface area is 126 Å². The van der Waals surface area contributed by atoms with Crippen molar-refractivity contribution in [1.82, 2.24) is 0 Å². The third-order valence-electron chi connectivity index (χ3n) is 2.67. The van der Waals surface area contributed by atoms with E-state index in [4.69, 9.17) is 20.4 Å². The Balaban J connectivity index is 0.000000220. The van der Waals surface area contributed by atoms with Crippen molar-refractivity contribution in [1.29, 1.82) is 0 Å². The fraction of sp³-hybridized carbons (Fsp3) is 0.125. The zero-order valence-corrected chi connectivity index (χ0v) is 12.1. The van der Waals surface area contributed by atoms with Crippen molar-refractivity contribution in [3.05, 3.63) is 47.5 Å². The monoisotopic (exact) mass is 304 g/mol. The third kappa shape index (κ3) is 4.82. The number of benzene rings is 2. The molecule has 0 atom stereocenters. The summed E-state index contributed by atoms with van der Waals surface area (Å²) in [6.07, 6.45) is 0. The molecule has 0 aliphatic carbocycles. The molecule has 6 heteroatoms. The van der Waals surface area contributed by atoms with Gasteiger partial charge in [-0.1, -0.05) is 0 Å². The molecule has 0 radical (unpaired) electrons. The molecule has 0 amide bonds. The Bertz CT molecular complexity index is 686. The maximum Gasteiger partial charge on any atom is 0.163 e. The molecule has 0 fully saturated rings. The van der Waals surface area contributed by atoms with Crippen LogP contribution in [0, 0.1) is 0 Å². The van der Waals surface area contributed by atoms with Gasteiger partial charge >= 0.3 is 0 Å². The second kappa shape index (κ2) is 7.12. The maximum atomic E-state index is 10.7. The lowest BCUT2D eigenvalue weighted by molar-refractivity contribution is 0.100. The first-order valence-corrected chi connectivity index (χ1v) is 6.27. The molecule has 4 N–H and O–H groups in total. The molecule has 2 rings (SSSR count). The molecule has 0 aliphatic rings. The highest BCUT2D eigenvalue weighted by Gasteiger charge is 2.05. The van der Waals surface area contributed by atoms with Gasteiger partial charge in [-0.25, -0.2) is 0 Å². The average molecular weight is 304 g/mol. The first kappa shape index (κ1) is 17.0. The van der Waals surface area contributed by atoms with Crippen LogP contribution in [-0.2, 0) is 0 Å². The highest BCUT2D eigenvalue weighted by Crippen LogP contribution is 2.22. The molecule has 2 aromatic carbocycles. The quantitative estimate of drug-likeness (QED) is 0.634. The molecule has 0 aliphatic heterocycles.